The van der Waals surface area contributed by atoms with Crippen LogP contribution < -0.4 is 4.90 Å². The van der Waals surface area contributed by atoms with E-state index >= 15 is 0 Å². The highest BCUT2D eigenvalue weighted by Gasteiger charge is 2.35. The molecule has 0 radical (unpaired) electrons. The molecule has 0 aliphatic heterocycles. The lowest BCUT2D eigenvalue weighted by atomic mass is 9.82. The lowest BCUT2D eigenvalue weighted by Crippen LogP contribution is -2.16. The third kappa shape index (κ3) is 6.83. The molecule has 0 spiro atoms. The van der Waals surface area contributed by atoms with Gasteiger partial charge >= 0.3 is 0 Å². The van der Waals surface area contributed by atoms with Crippen molar-refractivity contribution in [2.75, 3.05) is 4.90 Å². The van der Waals surface area contributed by atoms with Gasteiger partial charge in [0.1, 0.15) is 0 Å². The van der Waals surface area contributed by atoms with Crippen LogP contribution in [0, 0.1) is 0 Å². The SMILES string of the molecule is CC1(C)c2ccccc2-c2ccc(N(c3ccc(-c4ccccc4)cc3)c3ccc(-n4c5ccccc5c5cc(-c6cccc(-c7nc(-c8ccccc8)c8ccccc8n7)c6)ccc54)cc3)cc21. The van der Waals surface area contributed by atoms with Crippen molar-refractivity contribution < 1.29 is 0 Å². The minimum atomic E-state index is -0.119. The molecule has 0 amide bonds. The number of fused-ring (bicyclic) bond motifs is 7. The van der Waals surface area contributed by atoms with Gasteiger partial charge in [-0.25, -0.2) is 9.97 Å². The maximum Gasteiger partial charge on any atom is 0.160 e. The van der Waals surface area contributed by atoms with E-state index in [1.54, 1.807) is 0 Å². The standard InChI is InChI=1S/C65H46N4/c1-65(2)58-25-12-9-22-53(58)54-38-37-52(42-59(54)65)68(49-31-28-44(29-32-49)43-16-5-3-6-17-43)50-33-35-51(36-34-50)69-61-27-14-11-23-55(61)57-41-47(30-39-62(57)69)46-20-15-21-48(40-46)64-66-60-26-13-10-24-56(60)63(67-64)45-18-7-4-8-19-45/h3-42H,1-2H3. The van der Waals surface area contributed by atoms with Crippen molar-refractivity contribution in [3.8, 4) is 61.7 Å². The molecule has 1 aliphatic rings. The van der Waals surface area contributed by atoms with Gasteiger partial charge in [-0.15, -0.1) is 0 Å². The highest BCUT2D eigenvalue weighted by molar-refractivity contribution is 6.10. The number of rotatable bonds is 8. The van der Waals surface area contributed by atoms with Crippen molar-refractivity contribution in [3.63, 3.8) is 0 Å². The quantitative estimate of drug-likeness (QED) is 0.152. The Morgan fingerprint density at radius 1 is 0.362 bits per heavy atom. The number of nitrogens with zero attached hydrogens (tertiary/aromatic N) is 4. The molecule has 10 aromatic carbocycles. The van der Waals surface area contributed by atoms with Crippen LogP contribution in [0.2, 0.25) is 0 Å². The molecule has 4 nitrogen and oxygen atoms in total. The molecule has 0 saturated carbocycles. The summed E-state index contributed by atoms with van der Waals surface area (Å²) in [6.45, 7) is 4.70. The number of hydrogen-bond acceptors (Lipinski definition) is 3. The van der Waals surface area contributed by atoms with Crippen LogP contribution in [-0.2, 0) is 5.41 Å². The Morgan fingerprint density at radius 2 is 0.928 bits per heavy atom. The van der Waals surface area contributed by atoms with Crippen molar-refractivity contribution in [2.24, 2.45) is 0 Å². The minimum absolute atomic E-state index is 0.119. The van der Waals surface area contributed by atoms with Crippen LogP contribution in [0.3, 0.4) is 0 Å². The van der Waals surface area contributed by atoms with Gasteiger partial charge in [-0.2, -0.15) is 0 Å². The van der Waals surface area contributed by atoms with E-state index in [9.17, 15) is 0 Å². The molecule has 13 rings (SSSR count). The molecular formula is C65H46N4. The van der Waals surface area contributed by atoms with Gasteiger partial charge in [0.2, 0.25) is 0 Å². The third-order valence-corrected chi connectivity index (χ3v) is 14.2. The first-order chi connectivity index (χ1) is 34.0. The maximum atomic E-state index is 5.18. The van der Waals surface area contributed by atoms with E-state index in [0.29, 0.717) is 5.82 Å². The fraction of sp³-hybridized carbons (Fsp3) is 0.0462. The minimum Gasteiger partial charge on any atom is -0.310 e. The van der Waals surface area contributed by atoms with Crippen molar-refractivity contribution in [3.05, 3.63) is 254 Å². The summed E-state index contributed by atoms with van der Waals surface area (Å²) in [6.07, 6.45) is 0. The number of hydrogen-bond donors (Lipinski definition) is 0. The van der Waals surface area contributed by atoms with Gasteiger partial charge in [-0.3, -0.25) is 0 Å². The second kappa shape index (κ2) is 16.2. The van der Waals surface area contributed by atoms with E-state index in [0.717, 1.165) is 72.6 Å². The van der Waals surface area contributed by atoms with Crippen molar-refractivity contribution in [2.45, 2.75) is 19.3 Å². The van der Waals surface area contributed by atoms with Crippen LogP contribution in [-0.4, -0.2) is 14.5 Å². The summed E-state index contributed by atoms with van der Waals surface area (Å²) in [7, 11) is 0. The highest BCUT2D eigenvalue weighted by atomic mass is 15.1. The smallest absolute Gasteiger partial charge is 0.160 e. The molecular weight excluding hydrogens is 837 g/mol. The Bertz CT molecular complexity index is 3910. The first kappa shape index (κ1) is 40.4. The summed E-state index contributed by atoms with van der Waals surface area (Å²) < 4.78 is 2.40. The number of aromatic nitrogens is 3. The fourth-order valence-electron chi connectivity index (χ4n) is 10.8. The molecule has 0 fully saturated rings. The van der Waals surface area contributed by atoms with Crippen LogP contribution in [0.1, 0.15) is 25.0 Å². The number of anilines is 3. The van der Waals surface area contributed by atoms with Gasteiger partial charge in [0.25, 0.3) is 0 Å². The summed E-state index contributed by atoms with van der Waals surface area (Å²) in [5, 5.41) is 3.45. The van der Waals surface area contributed by atoms with Crippen molar-refractivity contribution in [1.82, 2.24) is 14.5 Å². The third-order valence-electron chi connectivity index (χ3n) is 14.2. The Hall–Kier alpha value is -8.86. The molecule has 2 heterocycles. The molecule has 0 atom stereocenters. The van der Waals surface area contributed by atoms with E-state index < -0.39 is 0 Å². The molecule has 69 heavy (non-hydrogen) atoms. The summed E-state index contributed by atoms with van der Waals surface area (Å²) in [6, 6.07) is 87.4. The number of para-hydroxylation sites is 2. The zero-order valence-corrected chi connectivity index (χ0v) is 38.4. The molecule has 0 unspecified atom stereocenters. The lowest BCUT2D eigenvalue weighted by molar-refractivity contribution is 0.660. The van der Waals surface area contributed by atoms with E-state index in [1.807, 2.05) is 12.1 Å². The molecule has 326 valence electrons. The molecule has 12 aromatic rings. The second-order valence-electron chi connectivity index (χ2n) is 18.6. The average Bonchev–Trinajstić information content (AvgIpc) is 3.86. The molecule has 2 aromatic heterocycles. The predicted octanol–water partition coefficient (Wildman–Crippen LogP) is 17.2. The fourth-order valence-corrected chi connectivity index (χ4v) is 10.8. The van der Waals surface area contributed by atoms with E-state index in [-0.39, 0.29) is 5.41 Å². The predicted molar refractivity (Wildman–Crippen MR) is 288 cm³/mol. The Balaban J connectivity index is 0.886. The van der Waals surface area contributed by atoms with E-state index in [2.05, 4.69) is 254 Å². The summed E-state index contributed by atoms with van der Waals surface area (Å²) in [5.41, 5.74) is 20.6. The van der Waals surface area contributed by atoms with Crippen molar-refractivity contribution in [1.29, 1.82) is 0 Å². The molecule has 1 aliphatic carbocycles. The average molecular weight is 883 g/mol. The van der Waals surface area contributed by atoms with E-state index in [4.69, 9.17) is 9.97 Å². The van der Waals surface area contributed by atoms with Gasteiger partial charge in [-0.1, -0.05) is 178 Å². The van der Waals surface area contributed by atoms with Gasteiger partial charge in [0, 0.05) is 55.5 Å². The summed E-state index contributed by atoms with van der Waals surface area (Å²) >= 11 is 0. The second-order valence-corrected chi connectivity index (χ2v) is 18.6. The van der Waals surface area contributed by atoms with Gasteiger partial charge in [-0.05, 0) is 123 Å². The Morgan fingerprint density at radius 3 is 1.72 bits per heavy atom. The first-order valence-corrected chi connectivity index (χ1v) is 23.7. The first-order valence-electron chi connectivity index (χ1n) is 23.7. The largest absolute Gasteiger partial charge is 0.310 e. The van der Waals surface area contributed by atoms with Crippen LogP contribution in [0.5, 0.6) is 0 Å². The summed E-state index contributed by atoms with van der Waals surface area (Å²) in [4.78, 5) is 12.6. The van der Waals surface area contributed by atoms with Crippen molar-refractivity contribution >= 4 is 49.8 Å². The van der Waals surface area contributed by atoms with Gasteiger partial charge in [0.15, 0.2) is 5.82 Å². The highest BCUT2D eigenvalue weighted by Crippen LogP contribution is 2.51. The molecule has 0 bridgehead atoms. The topological polar surface area (TPSA) is 34.0 Å². The zero-order chi connectivity index (χ0) is 46.1. The lowest BCUT2D eigenvalue weighted by Gasteiger charge is -2.28. The van der Waals surface area contributed by atoms with Crippen LogP contribution >= 0.6 is 0 Å². The van der Waals surface area contributed by atoms with Crippen LogP contribution in [0.15, 0.2) is 243 Å². The number of benzene rings is 10. The van der Waals surface area contributed by atoms with Gasteiger partial charge < -0.3 is 9.47 Å². The monoisotopic (exact) mass is 882 g/mol. The maximum absolute atomic E-state index is 5.18. The van der Waals surface area contributed by atoms with Crippen LogP contribution in [0.25, 0.3) is 94.4 Å². The Labute approximate surface area is 402 Å². The summed E-state index contributed by atoms with van der Waals surface area (Å²) in [5.74, 6) is 0.712. The Kier molecular flexibility index (Phi) is 9.48. The normalized spacial score (nSPS) is 12.6. The molecule has 0 N–H and O–H groups in total. The van der Waals surface area contributed by atoms with E-state index in [1.165, 1.54) is 44.2 Å². The molecule has 0 saturated heterocycles. The molecule has 4 heteroatoms. The zero-order valence-electron chi connectivity index (χ0n) is 38.4. The van der Waals surface area contributed by atoms with Crippen LogP contribution in [0.4, 0.5) is 17.1 Å². The van der Waals surface area contributed by atoms with Gasteiger partial charge in [0.05, 0.1) is 22.2 Å².